The first-order valence-electron chi connectivity index (χ1n) is 8.41. The zero-order valence-corrected chi connectivity index (χ0v) is 13.9. The highest BCUT2D eigenvalue weighted by Crippen LogP contribution is 2.35. The van der Waals surface area contributed by atoms with Crippen LogP contribution in [0.3, 0.4) is 0 Å². The van der Waals surface area contributed by atoms with E-state index in [1.54, 1.807) is 6.07 Å². The Kier molecular flexibility index (Phi) is 5.18. The van der Waals surface area contributed by atoms with Crippen LogP contribution in [0.15, 0.2) is 42.5 Å². The highest BCUT2D eigenvalue weighted by molar-refractivity contribution is 5.60. The summed E-state index contributed by atoms with van der Waals surface area (Å²) in [6.07, 6.45) is -0.826. The molecular weight excluding hydrogens is 329 g/mol. The third-order valence-corrected chi connectivity index (χ3v) is 4.42. The van der Waals surface area contributed by atoms with E-state index >= 15 is 0 Å². The van der Waals surface area contributed by atoms with E-state index in [2.05, 4.69) is 4.90 Å². The van der Waals surface area contributed by atoms with Crippen molar-refractivity contribution in [2.75, 3.05) is 18.0 Å². The van der Waals surface area contributed by atoms with Crippen LogP contribution in [0.25, 0.3) is 0 Å². The molecule has 0 aromatic heterocycles. The van der Waals surface area contributed by atoms with Gasteiger partial charge in [0.25, 0.3) is 0 Å². The van der Waals surface area contributed by atoms with Crippen molar-refractivity contribution in [3.05, 3.63) is 53.6 Å². The number of anilines is 1. The quantitative estimate of drug-likeness (QED) is 0.848. The number of hydrogen-bond donors (Lipinski definition) is 1. The van der Waals surface area contributed by atoms with E-state index in [4.69, 9.17) is 10.5 Å². The van der Waals surface area contributed by atoms with Gasteiger partial charge < -0.3 is 15.4 Å². The summed E-state index contributed by atoms with van der Waals surface area (Å²) in [7, 11) is 0. The maximum Gasteiger partial charge on any atom is 0.416 e. The van der Waals surface area contributed by atoms with Gasteiger partial charge in [-0.3, -0.25) is 0 Å². The lowest BCUT2D eigenvalue weighted by Gasteiger charge is -2.31. The fraction of sp³-hybridized carbons (Fsp3) is 0.368. The van der Waals surface area contributed by atoms with Gasteiger partial charge in [-0.15, -0.1) is 0 Å². The van der Waals surface area contributed by atoms with Crippen LogP contribution in [-0.2, 0) is 12.7 Å². The second kappa shape index (κ2) is 7.35. The summed E-state index contributed by atoms with van der Waals surface area (Å²) < 4.78 is 43.8. The molecule has 6 heteroatoms. The summed E-state index contributed by atoms with van der Waals surface area (Å²) in [6.45, 7) is 2.27. The highest BCUT2D eigenvalue weighted by atomic mass is 19.4. The van der Waals surface area contributed by atoms with Gasteiger partial charge in [0.1, 0.15) is 11.5 Å². The number of piperidine rings is 1. The first-order valence-corrected chi connectivity index (χ1v) is 8.41. The van der Waals surface area contributed by atoms with Crippen LogP contribution in [0.1, 0.15) is 30.4 Å². The molecule has 3 rings (SSSR count). The summed E-state index contributed by atoms with van der Waals surface area (Å²) in [5.41, 5.74) is 7.17. The summed E-state index contributed by atoms with van der Waals surface area (Å²) >= 11 is 0. The zero-order chi connectivity index (χ0) is 17.9. The molecule has 25 heavy (non-hydrogen) atoms. The Hall–Kier alpha value is -2.21. The Morgan fingerprint density at radius 3 is 2.24 bits per heavy atom. The number of ether oxygens (including phenoxy) is 1. The topological polar surface area (TPSA) is 38.5 Å². The Morgan fingerprint density at radius 2 is 1.64 bits per heavy atom. The average Bonchev–Trinajstić information content (AvgIpc) is 2.62. The second-order valence-corrected chi connectivity index (χ2v) is 6.13. The zero-order valence-electron chi connectivity index (χ0n) is 13.9. The molecule has 0 radical (unpaired) electrons. The molecule has 1 fully saturated rings. The maximum absolute atomic E-state index is 12.7. The van der Waals surface area contributed by atoms with Crippen molar-refractivity contribution >= 4 is 5.69 Å². The van der Waals surface area contributed by atoms with E-state index in [1.807, 2.05) is 12.1 Å². The molecule has 2 aromatic rings. The molecule has 0 saturated carbocycles. The fourth-order valence-electron chi connectivity index (χ4n) is 3.12. The first-order chi connectivity index (χ1) is 12.0. The fourth-order valence-corrected chi connectivity index (χ4v) is 3.12. The molecule has 1 saturated heterocycles. The number of nitrogens with zero attached hydrogens (tertiary/aromatic N) is 1. The van der Waals surface area contributed by atoms with E-state index in [-0.39, 0.29) is 0 Å². The predicted octanol–water partition coefficient (Wildman–Crippen LogP) is 4.95. The Labute approximate surface area is 145 Å². The standard InChI is InChI=1S/C19H21F3N2O/c20-19(21,22)14-7-9-15(10-8-14)25-18-6-4-5-17(16(18)13-23)24-11-2-1-3-12-24/h4-10H,1-3,11-13,23H2. The van der Waals surface area contributed by atoms with Crippen molar-refractivity contribution in [1.29, 1.82) is 0 Å². The van der Waals surface area contributed by atoms with E-state index in [1.165, 1.54) is 18.6 Å². The van der Waals surface area contributed by atoms with Crippen LogP contribution < -0.4 is 15.4 Å². The number of rotatable bonds is 4. The van der Waals surface area contributed by atoms with E-state index in [0.29, 0.717) is 18.0 Å². The van der Waals surface area contributed by atoms with Gasteiger partial charge in [-0.2, -0.15) is 13.2 Å². The highest BCUT2D eigenvalue weighted by Gasteiger charge is 2.30. The van der Waals surface area contributed by atoms with Crippen LogP contribution in [-0.4, -0.2) is 13.1 Å². The lowest BCUT2D eigenvalue weighted by atomic mass is 10.1. The molecule has 0 atom stereocenters. The Morgan fingerprint density at radius 1 is 0.960 bits per heavy atom. The van der Waals surface area contributed by atoms with Gasteiger partial charge in [-0.05, 0) is 55.7 Å². The van der Waals surface area contributed by atoms with Crippen molar-refractivity contribution in [2.24, 2.45) is 5.73 Å². The van der Waals surface area contributed by atoms with Crippen molar-refractivity contribution in [2.45, 2.75) is 32.0 Å². The smallest absolute Gasteiger partial charge is 0.416 e. The van der Waals surface area contributed by atoms with Crippen molar-refractivity contribution < 1.29 is 17.9 Å². The largest absolute Gasteiger partial charge is 0.457 e. The first kappa shape index (κ1) is 17.6. The lowest BCUT2D eigenvalue weighted by molar-refractivity contribution is -0.137. The third-order valence-electron chi connectivity index (χ3n) is 4.42. The van der Waals surface area contributed by atoms with Gasteiger partial charge in [0.15, 0.2) is 0 Å². The van der Waals surface area contributed by atoms with Crippen LogP contribution in [0.2, 0.25) is 0 Å². The van der Waals surface area contributed by atoms with Crippen molar-refractivity contribution in [3.63, 3.8) is 0 Å². The van der Waals surface area contributed by atoms with Gasteiger partial charge in [0, 0.05) is 30.9 Å². The predicted molar refractivity (Wildman–Crippen MR) is 91.9 cm³/mol. The van der Waals surface area contributed by atoms with Crippen molar-refractivity contribution in [1.82, 2.24) is 0 Å². The van der Waals surface area contributed by atoms with Gasteiger partial charge in [0.2, 0.25) is 0 Å². The molecule has 0 spiro atoms. The van der Waals surface area contributed by atoms with E-state index < -0.39 is 11.7 Å². The average molecular weight is 350 g/mol. The number of nitrogens with two attached hydrogens (primary N) is 1. The monoisotopic (exact) mass is 350 g/mol. The molecule has 3 nitrogen and oxygen atoms in total. The van der Waals surface area contributed by atoms with Crippen molar-refractivity contribution in [3.8, 4) is 11.5 Å². The maximum atomic E-state index is 12.7. The van der Waals surface area contributed by atoms with Gasteiger partial charge in [-0.1, -0.05) is 6.07 Å². The molecular formula is C19H21F3N2O. The minimum atomic E-state index is -4.35. The Balaban J connectivity index is 1.84. The molecule has 134 valence electrons. The summed E-state index contributed by atoms with van der Waals surface area (Å²) in [6, 6.07) is 10.4. The molecule has 0 aliphatic carbocycles. The molecule has 1 heterocycles. The normalized spacial score (nSPS) is 15.3. The minimum absolute atomic E-state index is 0.308. The van der Waals surface area contributed by atoms with Gasteiger partial charge >= 0.3 is 6.18 Å². The van der Waals surface area contributed by atoms with Crippen LogP contribution in [0.4, 0.5) is 18.9 Å². The second-order valence-electron chi connectivity index (χ2n) is 6.13. The SMILES string of the molecule is NCc1c(Oc2ccc(C(F)(F)F)cc2)cccc1N1CCCCC1. The number of hydrogen-bond acceptors (Lipinski definition) is 3. The summed E-state index contributed by atoms with van der Waals surface area (Å²) in [5.74, 6) is 0.948. The van der Waals surface area contributed by atoms with Crippen LogP contribution in [0.5, 0.6) is 11.5 Å². The van der Waals surface area contributed by atoms with E-state index in [0.717, 1.165) is 49.3 Å². The molecule has 2 aromatic carbocycles. The number of halogens is 3. The third kappa shape index (κ3) is 4.07. The molecule has 1 aliphatic heterocycles. The lowest BCUT2D eigenvalue weighted by Crippen LogP contribution is -2.30. The summed E-state index contributed by atoms with van der Waals surface area (Å²) in [4.78, 5) is 2.30. The number of alkyl halides is 3. The molecule has 0 unspecified atom stereocenters. The minimum Gasteiger partial charge on any atom is -0.457 e. The molecule has 1 aliphatic rings. The van der Waals surface area contributed by atoms with E-state index in [9.17, 15) is 13.2 Å². The molecule has 0 amide bonds. The van der Waals surface area contributed by atoms with Gasteiger partial charge in [0.05, 0.1) is 5.56 Å². The number of benzene rings is 2. The molecule has 2 N–H and O–H groups in total. The van der Waals surface area contributed by atoms with Crippen LogP contribution in [0, 0.1) is 0 Å². The Bertz CT molecular complexity index is 708. The summed E-state index contributed by atoms with van der Waals surface area (Å²) in [5, 5.41) is 0. The van der Waals surface area contributed by atoms with Crippen LogP contribution >= 0.6 is 0 Å². The molecule has 0 bridgehead atoms. The van der Waals surface area contributed by atoms with Gasteiger partial charge in [-0.25, -0.2) is 0 Å².